The summed E-state index contributed by atoms with van der Waals surface area (Å²) in [4.78, 5) is 0. The second kappa shape index (κ2) is 6.61. The third-order valence-electron chi connectivity index (χ3n) is 4.54. The number of benzene rings is 1. The van der Waals surface area contributed by atoms with Crippen molar-refractivity contribution in [2.45, 2.75) is 45.3 Å². The Kier molecular flexibility index (Phi) is 4.33. The maximum Gasteiger partial charge on any atom is 0.179 e. The van der Waals surface area contributed by atoms with Crippen molar-refractivity contribution < 1.29 is 9.47 Å². The van der Waals surface area contributed by atoms with E-state index in [1.165, 1.54) is 12.8 Å². The van der Waals surface area contributed by atoms with E-state index in [4.69, 9.17) is 21.1 Å². The van der Waals surface area contributed by atoms with E-state index in [2.05, 4.69) is 27.0 Å². The SMILES string of the molecule is CC(NCc1cc(Cl)c2c(c1)OCCO2)c1nnc2n1CCCC2. The fourth-order valence-electron chi connectivity index (χ4n) is 3.28. The van der Waals surface area contributed by atoms with Gasteiger partial charge in [0.25, 0.3) is 0 Å². The highest BCUT2D eigenvalue weighted by molar-refractivity contribution is 6.32. The molecule has 0 fully saturated rings. The Morgan fingerprint density at radius 1 is 1.25 bits per heavy atom. The van der Waals surface area contributed by atoms with E-state index in [0.29, 0.717) is 30.5 Å². The molecular formula is C17H21ClN4O2. The van der Waals surface area contributed by atoms with Crippen molar-refractivity contribution in [3.8, 4) is 11.5 Å². The van der Waals surface area contributed by atoms with Crippen LogP contribution in [0, 0.1) is 0 Å². The molecule has 1 aromatic carbocycles. The van der Waals surface area contributed by atoms with Gasteiger partial charge in [-0.05, 0) is 37.5 Å². The summed E-state index contributed by atoms with van der Waals surface area (Å²) in [5, 5.41) is 12.8. The molecule has 4 rings (SSSR count). The van der Waals surface area contributed by atoms with Crippen molar-refractivity contribution in [1.29, 1.82) is 0 Å². The van der Waals surface area contributed by atoms with Gasteiger partial charge in [0.05, 0.1) is 11.1 Å². The van der Waals surface area contributed by atoms with Crippen LogP contribution in [0.15, 0.2) is 12.1 Å². The molecule has 7 heteroatoms. The van der Waals surface area contributed by atoms with Crippen LogP contribution in [-0.2, 0) is 19.5 Å². The van der Waals surface area contributed by atoms with Crippen molar-refractivity contribution in [1.82, 2.24) is 20.1 Å². The third kappa shape index (κ3) is 2.96. The normalized spacial score (nSPS) is 17.4. The molecule has 24 heavy (non-hydrogen) atoms. The smallest absolute Gasteiger partial charge is 0.179 e. The van der Waals surface area contributed by atoms with Crippen LogP contribution in [0.5, 0.6) is 11.5 Å². The maximum atomic E-state index is 6.30. The topological polar surface area (TPSA) is 61.2 Å². The highest BCUT2D eigenvalue weighted by atomic mass is 35.5. The molecule has 0 spiro atoms. The molecule has 0 bridgehead atoms. The molecule has 0 saturated carbocycles. The number of aryl methyl sites for hydroxylation is 1. The van der Waals surface area contributed by atoms with E-state index >= 15 is 0 Å². The van der Waals surface area contributed by atoms with Crippen LogP contribution in [0.25, 0.3) is 0 Å². The minimum Gasteiger partial charge on any atom is -0.486 e. The van der Waals surface area contributed by atoms with Crippen LogP contribution in [0.1, 0.15) is 43.0 Å². The lowest BCUT2D eigenvalue weighted by molar-refractivity contribution is 0.171. The first-order valence-corrected chi connectivity index (χ1v) is 8.83. The van der Waals surface area contributed by atoms with Gasteiger partial charge < -0.3 is 19.4 Å². The Balaban J connectivity index is 1.47. The summed E-state index contributed by atoms with van der Waals surface area (Å²) in [6.07, 6.45) is 3.43. The minimum atomic E-state index is 0.122. The highest BCUT2D eigenvalue weighted by Crippen LogP contribution is 2.38. The minimum absolute atomic E-state index is 0.122. The van der Waals surface area contributed by atoms with Crippen molar-refractivity contribution in [2.75, 3.05) is 13.2 Å². The largest absolute Gasteiger partial charge is 0.486 e. The Hall–Kier alpha value is -1.79. The summed E-state index contributed by atoms with van der Waals surface area (Å²) < 4.78 is 13.4. The highest BCUT2D eigenvalue weighted by Gasteiger charge is 2.21. The lowest BCUT2D eigenvalue weighted by Crippen LogP contribution is -2.24. The zero-order valence-electron chi connectivity index (χ0n) is 13.7. The van der Waals surface area contributed by atoms with E-state index in [1.807, 2.05) is 12.1 Å². The fourth-order valence-corrected chi connectivity index (χ4v) is 3.57. The monoisotopic (exact) mass is 348 g/mol. The number of hydrogen-bond acceptors (Lipinski definition) is 5. The number of nitrogens with one attached hydrogen (secondary N) is 1. The molecule has 2 aliphatic heterocycles. The molecule has 1 aromatic heterocycles. The fraction of sp³-hybridized carbons (Fsp3) is 0.529. The Bertz CT molecular complexity index is 746. The zero-order valence-corrected chi connectivity index (χ0v) is 14.5. The number of aromatic nitrogens is 3. The molecule has 0 saturated heterocycles. The van der Waals surface area contributed by atoms with Gasteiger partial charge in [-0.2, -0.15) is 0 Å². The van der Waals surface area contributed by atoms with Crippen molar-refractivity contribution in [2.24, 2.45) is 0 Å². The van der Waals surface area contributed by atoms with Gasteiger partial charge in [0.1, 0.15) is 24.9 Å². The second-order valence-electron chi connectivity index (χ2n) is 6.29. The van der Waals surface area contributed by atoms with Gasteiger partial charge in [-0.15, -0.1) is 10.2 Å². The van der Waals surface area contributed by atoms with Gasteiger partial charge in [-0.3, -0.25) is 0 Å². The van der Waals surface area contributed by atoms with Gasteiger partial charge >= 0.3 is 0 Å². The molecule has 1 N–H and O–H groups in total. The number of nitrogens with zero attached hydrogens (tertiary/aromatic N) is 3. The molecule has 128 valence electrons. The van der Waals surface area contributed by atoms with Gasteiger partial charge in [0, 0.05) is 19.5 Å². The number of rotatable bonds is 4. The molecule has 0 aliphatic carbocycles. The maximum absolute atomic E-state index is 6.30. The van der Waals surface area contributed by atoms with Gasteiger partial charge in [0.2, 0.25) is 0 Å². The molecule has 2 aliphatic rings. The van der Waals surface area contributed by atoms with Crippen LogP contribution in [0.2, 0.25) is 5.02 Å². The quantitative estimate of drug-likeness (QED) is 0.920. The third-order valence-corrected chi connectivity index (χ3v) is 4.83. The van der Waals surface area contributed by atoms with Crippen LogP contribution in [0.4, 0.5) is 0 Å². The standard InChI is InChI=1S/C17H21ClN4O2/c1-11(17-21-20-15-4-2-3-5-22(15)17)19-10-12-8-13(18)16-14(9-12)23-6-7-24-16/h8-9,11,19H,2-7,10H2,1H3. The first-order chi connectivity index (χ1) is 11.7. The first-order valence-electron chi connectivity index (χ1n) is 8.46. The zero-order chi connectivity index (χ0) is 16.5. The molecule has 3 heterocycles. The number of hydrogen-bond donors (Lipinski definition) is 1. The van der Waals surface area contributed by atoms with Crippen LogP contribution in [-0.4, -0.2) is 28.0 Å². The molecule has 0 radical (unpaired) electrons. The van der Waals surface area contributed by atoms with Gasteiger partial charge in [-0.25, -0.2) is 0 Å². The lowest BCUT2D eigenvalue weighted by atomic mass is 10.1. The Morgan fingerprint density at radius 2 is 2.12 bits per heavy atom. The molecule has 6 nitrogen and oxygen atoms in total. The summed E-state index contributed by atoms with van der Waals surface area (Å²) in [6, 6.07) is 4.03. The van der Waals surface area contributed by atoms with E-state index in [-0.39, 0.29) is 6.04 Å². The van der Waals surface area contributed by atoms with Crippen LogP contribution in [0.3, 0.4) is 0 Å². The van der Waals surface area contributed by atoms with E-state index in [0.717, 1.165) is 35.9 Å². The predicted octanol–water partition coefficient (Wildman–Crippen LogP) is 2.89. The van der Waals surface area contributed by atoms with Gasteiger partial charge in [0.15, 0.2) is 11.5 Å². The predicted molar refractivity (Wildman–Crippen MR) is 90.7 cm³/mol. The molecular weight excluding hydrogens is 328 g/mol. The summed E-state index contributed by atoms with van der Waals surface area (Å²) in [6.45, 7) is 4.91. The average molecular weight is 349 g/mol. The van der Waals surface area contributed by atoms with E-state index in [1.54, 1.807) is 0 Å². The summed E-state index contributed by atoms with van der Waals surface area (Å²) >= 11 is 6.30. The molecule has 1 atom stereocenters. The second-order valence-corrected chi connectivity index (χ2v) is 6.69. The Labute approximate surface area is 146 Å². The molecule has 1 unspecified atom stereocenters. The summed E-state index contributed by atoms with van der Waals surface area (Å²) in [7, 11) is 0. The average Bonchev–Trinajstić information content (AvgIpc) is 3.04. The number of ether oxygens (including phenoxy) is 2. The number of fused-ring (bicyclic) bond motifs is 2. The molecule has 2 aromatic rings. The molecule has 0 amide bonds. The van der Waals surface area contributed by atoms with Gasteiger partial charge in [-0.1, -0.05) is 11.6 Å². The van der Waals surface area contributed by atoms with Crippen LogP contribution >= 0.6 is 11.6 Å². The van der Waals surface area contributed by atoms with Crippen molar-refractivity contribution in [3.63, 3.8) is 0 Å². The summed E-state index contributed by atoms with van der Waals surface area (Å²) in [5.74, 6) is 3.48. The van der Waals surface area contributed by atoms with Crippen LogP contribution < -0.4 is 14.8 Å². The van der Waals surface area contributed by atoms with E-state index in [9.17, 15) is 0 Å². The number of halogens is 1. The summed E-state index contributed by atoms with van der Waals surface area (Å²) in [5.41, 5.74) is 1.06. The lowest BCUT2D eigenvalue weighted by Gasteiger charge is -2.21. The van der Waals surface area contributed by atoms with E-state index < -0.39 is 0 Å². The van der Waals surface area contributed by atoms with Crippen molar-refractivity contribution in [3.05, 3.63) is 34.4 Å². The van der Waals surface area contributed by atoms with Crippen molar-refractivity contribution >= 4 is 11.6 Å². The Morgan fingerprint density at radius 3 is 3.04 bits per heavy atom. The first kappa shape index (κ1) is 15.7.